The molecule has 1 atom stereocenters. The Bertz CT molecular complexity index is 263. The smallest absolute Gasteiger partial charge is 0.408 e. The molecule has 0 aliphatic carbocycles. The topological polar surface area (TPSA) is 64.6 Å². The minimum Gasteiger partial charge on any atom is -0.467 e. The lowest BCUT2D eigenvalue weighted by atomic mass is 10.2. The van der Waals surface area contributed by atoms with Crippen molar-refractivity contribution in [1.29, 1.82) is 0 Å². The largest absolute Gasteiger partial charge is 0.467 e. The first-order valence-electron chi connectivity index (χ1n) is 4.53. The number of alkyl carbamates (subject to hydrolysis) is 1. The minimum atomic E-state index is -3.06. The molecule has 0 radical (unpaired) electrons. The van der Waals surface area contributed by atoms with Gasteiger partial charge >= 0.3 is 12.1 Å². The van der Waals surface area contributed by atoms with E-state index in [1.807, 2.05) is 0 Å². The van der Waals surface area contributed by atoms with Crippen molar-refractivity contribution in [2.75, 3.05) is 7.11 Å². The zero-order chi connectivity index (χ0) is 12.9. The molecule has 7 heteroatoms. The van der Waals surface area contributed by atoms with Crippen LogP contribution in [0.5, 0.6) is 0 Å². The van der Waals surface area contributed by atoms with Gasteiger partial charge in [0, 0.05) is 0 Å². The van der Waals surface area contributed by atoms with Crippen LogP contribution in [0.25, 0.3) is 0 Å². The molecule has 1 unspecified atom stereocenters. The first kappa shape index (κ1) is 14.6. The van der Waals surface area contributed by atoms with E-state index >= 15 is 0 Å². The fourth-order valence-electron chi connectivity index (χ4n) is 0.786. The van der Waals surface area contributed by atoms with Crippen molar-refractivity contribution in [3.63, 3.8) is 0 Å². The Morgan fingerprint density at radius 1 is 1.25 bits per heavy atom. The maximum Gasteiger partial charge on any atom is 0.408 e. The number of rotatable bonds is 3. The quantitative estimate of drug-likeness (QED) is 0.754. The maximum absolute atomic E-state index is 12.4. The summed E-state index contributed by atoms with van der Waals surface area (Å²) >= 11 is 0. The number of esters is 1. The molecule has 0 bridgehead atoms. The van der Waals surface area contributed by atoms with Gasteiger partial charge < -0.3 is 14.8 Å². The molecule has 0 spiro atoms. The average molecular weight is 239 g/mol. The summed E-state index contributed by atoms with van der Waals surface area (Å²) in [6.45, 7) is 4.71. The molecule has 94 valence electrons. The molecule has 0 saturated carbocycles. The van der Waals surface area contributed by atoms with Crippen molar-refractivity contribution >= 4 is 12.1 Å². The molecule has 0 fully saturated rings. The maximum atomic E-state index is 12.4. The lowest BCUT2D eigenvalue weighted by Gasteiger charge is -2.22. The van der Waals surface area contributed by atoms with Gasteiger partial charge in [0.2, 0.25) is 0 Å². The van der Waals surface area contributed by atoms with Crippen LogP contribution in [0.3, 0.4) is 0 Å². The van der Waals surface area contributed by atoms with E-state index in [2.05, 4.69) is 4.74 Å². The van der Waals surface area contributed by atoms with Gasteiger partial charge in [0.1, 0.15) is 5.60 Å². The van der Waals surface area contributed by atoms with Crippen molar-refractivity contribution in [3.05, 3.63) is 0 Å². The van der Waals surface area contributed by atoms with Crippen LogP contribution in [-0.2, 0) is 14.3 Å². The van der Waals surface area contributed by atoms with Gasteiger partial charge in [0.15, 0.2) is 6.04 Å². The highest BCUT2D eigenvalue weighted by atomic mass is 19.3. The van der Waals surface area contributed by atoms with Crippen LogP contribution in [-0.4, -0.2) is 37.2 Å². The Morgan fingerprint density at radius 3 is 2.06 bits per heavy atom. The van der Waals surface area contributed by atoms with Gasteiger partial charge in [-0.2, -0.15) is 0 Å². The van der Waals surface area contributed by atoms with Gasteiger partial charge in [-0.25, -0.2) is 18.4 Å². The highest BCUT2D eigenvalue weighted by Gasteiger charge is 2.32. The van der Waals surface area contributed by atoms with Crippen LogP contribution in [0.1, 0.15) is 20.8 Å². The lowest BCUT2D eigenvalue weighted by molar-refractivity contribution is -0.147. The molecule has 1 N–H and O–H groups in total. The molecule has 0 rings (SSSR count). The third-order valence-corrected chi connectivity index (χ3v) is 1.38. The van der Waals surface area contributed by atoms with Gasteiger partial charge in [0.05, 0.1) is 7.11 Å². The summed E-state index contributed by atoms with van der Waals surface area (Å²) in [5.74, 6) is -1.22. The summed E-state index contributed by atoms with van der Waals surface area (Å²) in [7, 11) is 0.953. The van der Waals surface area contributed by atoms with E-state index in [4.69, 9.17) is 4.74 Å². The molecule has 0 aromatic rings. The minimum absolute atomic E-state index is 0.827. The number of halogens is 2. The second kappa shape index (κ2) is 5.62. The highest BCUT2D eigenvalue weighted by molar-refractivity contribution is 5.81. The molecule has 16 heavy (non-hydrogen) atoms. The van der Waals surface area contributed by atoms with Crippen LogP contribution < -0.4 is 5.32 Å². The predicted molar refractivity (Wildman–Crippen MR) is 51.2 cm³/mol. The number of hydrogen-bond donors (Lipinski definition) is 1. The van der Waals surface area contributed by atoms with E-state index < -0.39 is 30.1 Å². The van der Waals surface area contributed by atoms with Crippen molar-refractivity contribution < 1.29 is 27.8 Å². The third kappa shape index (κ3) is 5.47. The van der Waals surface area contributed by atoms with Crippen molar-refractivity contribution in [3.8, 4) is 0 Å². The van der Waals surface area contributed by atoms with E-state index in [9.17, 15) is 18.4 Å². The Morgan fingerprint density at radius 2 is 1.75 bits per heavy atom. The molecule has 0 aromatic carbocycles. The summed E-state index contributed by atoms with van der Waals surface area (Å²) < 4.78 is 33.6. The molecule has 0 heterocycles. The van der Waals surface area contributed by atoms with Crippen LogP contribution in [0, 0.1) is 0 Å². The summed E-state index contributed by atoms with van der Waals surface area (Å²) in [6, 6.07) is -2.01. The molecule has 0 aliphatic rings. The summed E-state index contributed by atoms with van der Waals surface area (Å²) in [6.07, 6.45) is -4.15. The summed E-state index contributed by atoms with van der Waals surface area (Å²) in [4.78, 5) is 22.0. The van der Waals surface area contributed by atoms with Gasteiger partial charge in [-0.05, 0) is 20.8 Å². The van der Waals surface area contributed by atoms with Gasteiger partial charge in [0.25, 0.3) is 6.43 Å². The Labute approximate surface area is 92.1 Å². The molecule has 0 saturated heterocycles. The molecular formula is C9H15F2NO4. The fourth-order valence-corrected chi connectivity index (χ4v) is 0.786. The van der Waals surface area contributed by atoms with Crippen molar-refractivity contribution in [1.82, 2.24) is 5.32 Å². The molecule has 0 aliphatic heterocycles. The van der Waals surface area contributed by atoms with Crippen LogP contribution in [0.4, 0.5) is 13.6 Å². The summed E-state index contributed by atoms with van der Waals surface area (Å²) in [5.41, 5.74) is -0.827. The zero-order valence-corrected chi connectivity index (χ0v) is 9.54. The normalized spacial score (nSPS) is 13.2. The number of carbonyl (C=O) groups is 2. The van der Waals surface area contributed by atoms with Crippen molar-refractivity contribution in [2.24, 2.45) is 0 Å². The molecule has 5 nitrogen and oxygen atoms in total. The first-order valence-corrected chi connectivity index (χ1v) is 4.53. The number of nitrogens with one attached hydrogen (secondary N) is 1. The van der Waals surface area contributed by atoms with Crippen LogP contribution in [0.15, 0.2) is 0 Å². The zero-order valence-electron chi connectivity index (χ0n) is 9.54. The first-order chi connectivity index (χ1) is 7.17. The molecular weight excluding hydrogens is 224 g/mol. The second-order valence-corrected chi connectivity index (χ2v) is 3.98. The lowest BCUT2D eigenvalue weighted by Crippen LogP contribution is -2.48. The number of carbonyl (C=O) groups excluding carboxylic acids is 2. The predicted octanol–water partition coefficient (Wildman–Crippen LogP) is 1.32. The van der Waals surface area contributed by atoms with Crippen LogP contribution in [0.2, 0.25) is 0 Å². The summed E-state index contributed by atoms with van der Waals surface area (Å²) in [5, 5.41) is 1.74. The highest BCUT2D eigenvalue weighted by Crippen LogP contribution is 2.09. The van der Waals surface area contributed by atoms with Crippen LogP contribution >= 0.6 is 0 Å². The van der Waals surface area contributed by atoms with Gasteiger partial charge in [-0.1, -0.05) is 0 Å². The molecule has 0 aromatic heterocycles. The fraction of sp³-hybridized carbons (Fsp3) is 0.778. The van der Waals surface area contributed by atoms with E-state index in [0.29, 0.717) is 0 Å². The molecule has 1 amide bonds. The second-order valence-electron chi connectivity index (χ2n) is 3.98. The van der Waals surface area contributed by atoms with Gasteiger partial charge in [-0.3, -0.25) is 0 Å². The van der Waals surface area contributed by atoms with E-state index in [1.54, 1.807) is 26.1 Å². The van der Waals surface area contributed by atoms with E-state index in [1.165, 1.54) is 0 Å². The number of hydrogen-bond acceptors (Lipinski definition) is 4. The number of ether oxygens (including phenoxy) is 2. The van der Waals surface area contributed by atoms with E-state index in [-0.39, 0.29) is 0 Å². The van der Waals surface area contributed by atoms with Gasteiger partial charge in [-0.15, -0.1) is 0 Å². The Balaban J connectivity index is 4.42. The number of methoxy groups -OCH3 is 1. The Hall–Kier alpha value is -1.40. The number of alkyl halides is 2. The Kier molecular flexibility index (Phi) is 5.13. The standard InChI is InChI=1S/C9H15F2NO4/c1-9(2,3)16-8(14)12-5(6(10)11)7(13)15-4/h5-6H,1-4H3,(H,12,14). The van der Waals surface area contributed by atoms with Crippen molar-refractivity contribution in [2.45, 2.75) is 38.8 Å². The monoisotopic (exact) mass is 239 g/mol. The third-order valence-electron chi connectivity index (χ3n) is 1.38. The van der Waals surface area contributed by atoms with E-state index in [0.717, 1.165) is 7.11 Å². The average Bonchev–Trinajstić information content (AvgIpc) is 2.09. The number of amides is 1. The SMILES string of the molecule is COC(=O)C(NC(=O)OC(C)(C)C)C(F)F.